The maximum atomic E-state index is 13.1. The molecule has 8 nitrogen and oxygen atoms in total. The molecule has 1 aromatic heterocycles. The van der Waals surface area contributed by atoms with Crippen LogP contribution in [-0.4, -0.2) is 58.4 Å². The first-order valence-electron chi connectivity index (χ1n) is 16.0. The third-order valence-electron chi connectivity index (χ3n) is 8.94. The van der Waals surface area contributed by atoms with Gasteiger partial charge in [-0.3, -0.25) is 4.79 Å². The number of benzene rings is 2. The second-order valence-corrected chi connectivity index (χ2v) is 14.2. The Kier molecular flexibility index (Phi) is 9.82. The van der Waals surface area contributed by atoms with E-state index in [2.05, 4.69) is 28.2 Å². The monoisotopic (exact) mass is 652 g/mol. The zero-order valence-corrected chi connectivity index (χ0v) is 28.5. The number of amides is 2. The van der Waals surface area contributed by atoms with E-state index in [1.165, 1.54) is 0 Å². The normalized spacial score (nSPS) is 18.0. The summed E-state index contributed by atoms with van der Waals surface area (Å²) in [5.41, 5.74) is 10.2. The van der Waals surface area contributed by atoms with Crippen molar-refractivity contribution in [3.63, 3.8) is 0 Å². The highest BCUT2D eigenvalue weighted by Gasteiger charge is 2.56. The third kappa shape index (κ3) is 7.00. The molecule has 2 aliphatic heterocycles. The molecule has 10 heteroatoms. The SMILES string of the molecule is CC.CC(C)(C)OC(=O)N1CC2(CC(C(=O)NCc3ccc4c(-c5cccc(C(N)=S)c5)cn(C5CCOCC5)c4c3Cl)C2)C1. The van der Waals surface area contributed by atoms with Crippen LogP contribution in [0, 0.1) is 11.3 Å². The predicted molar refractivity (Wildman–Crippen MR) is 184 cm³/mol. The summed E-state index contributed by atoms with van der Waals surface area (Å²) in [6.07, 6.45) is 5.28. The lowest BCUT2D eigenvalue weighted by molar-refractivity contribution is -0.143. The number of ether oxygens (including phenoxy) is 2. The Balaban J connectivity index is 0.00000196. The van der Waals surface area contributed by atoms with Crippen molar-refractivity contribution in [1.82, 2.24) is 14.8 Å². The summed E-state index contributed by atoms with van der Waals surface area (Å²) in [7, 11) is 0. The van der Waals surface area contributed by atoms with Gasteiger partial charge in [0.05, 0.1) is 10.5 Å². The summed E-state index contributed by atoms with van der Waals surface area (Å²) in [6.45, 7) is 12.7. The van der Waals surface area contributed by atoms with Crippen molar-refractivity contribution in [2.75, 3.05) is 26.3 Å². The van der Waals surface area contributed by atoms with Gasteiger partial charge in [0, 0.05) is 72.9 Å². The van der Waals surface area contributed by atoms with Gasteiger partial charge in [0.25, 0.3) is 0 Å². The number of nitrogens with zero attached hydrogens (tertiary/aromatic N) is 2. The Labute approximate surface area is 276 Å². The van der Waals surface area contributed by atoms with Crippen LogP contribution in [0.1, 0.15) is 77.5 Å². The standard InChI is InChI=1S/C33H39ClN4O4S.C2H6/c1-32(2,3)42-31(40)37-18-33(19-37)14-23(15-33)30(39)36-16-22-7-8-25-26(20-5-4-6-21(13-20)29(35)43)17-38(28(25)27(22)34)24-9-11-41-12-10-24;1-2/h4-8,13,17,23-24H,9-12,14-16,18-19H2,1-3H3,(H2,35,43)(H,36,39);1-2H3. The van der Waals surface area contributed by atoms with Gasteiger partial charge in [0.2, 0.25) is 5.91 Å². The number of rotatable bonds is 6. The van der Waals surface area contributed by atoms with Gasteiger partial charge in [-0.1, -0.05) is 68.0 Å². The van der Waals surface area contributed by atoms with E-state index in [0.29, 0.717) is 42.9 Å². The molecule has 2 amide bonds. The van der Waals surface area contributed by atoms with Crippen LogP contribution in [0.3, 0.4) is 0 Å². The molecule has 0 unspecified atom stereocenters. The largest absolute Gasteiger partial charge is 0.444 e. The number of nitrogens with two attached hydrogens (primary N) is 1. The number of likely N-dealkylation sites (tertiary alicyclic amines) is 1. The van der Waals surface area contributed by atoms with Crippen LogP contribution in [-0.2, 0) is 20.8 Å². The fraction of sp³-hybridized carbons (Fsp3) is 0.514. The van der Waals surface area contributed by atoms with Gasteiger partial charge >= 0.3 is 6.09 Å². The number of hydrogen-bond acceptors (Lipinski definition) is 5. The maximum Gasteiger partial charge on any atom is 0.410 e. The van der Waals surface area contributed by atoms with Crippen LogP contribution < -0.4 is 11.1 Å². The number of aromatic nitrogens is 1. The smallest absolute Gasteiger partial charge is 0.410 e. The number of halogens is 1. The fourth-order valence-corrected chi connectivity index (χ4v) is 7.24. The molecule has 2 aromatic carbocycles. The first kappa shape index (κ1) is 33.2. The molecular formula is C35H45ClN4O4S. The van der Waals surface area contributed by atoms with Gasteiger partial charge in [0.1, 0.15) is 10.6 Å². The molecular weight excluding hydrogens is 608 g/mol. The molecule has 0 bridgehead atoms. The van der Waals surface area contributed by atoms with Gasteiger partial charge in [-0.15, -0.1) is 0 Å². The first-order valence-corrected chi connectivity index (χ1v) is 16.8. The van der Waals surface area contributed by atoms with E-state index in [0.717, 1.165) is 58.8 Å². The Morgan fingerprint density at radius 1 is 1.13 bits per heavy atom. The van der Waals surface area contributed by atoms with Crippen molar-refractivity contribution in [2.45, 2.75) is 78.5 Å². The Morgan fingerprint density at radius 3 is 2.47 bits per heavy atom. The molecule has 0 atom stereocenters. The minimum atomic E-state index is -0.510. The van der Waals surface area contributed by atoms with Gasteiger partial charge in [-0.05, 0) is 63.6 Å². The Bertz CT molecular complexity index is 1580. The van der Waals surface area contributed by atoms with Gasteiger partial charge in [0.15, 0.2) is 0 Å². The maximum absolute atomic E-state index is 13.1. The topological polar surface area (TPSA) is 98.8 Å². The van der Waals surface area contributed by atoms with Crippen molar-refractivity contribution in [3.8, 4) is 11.1 Å². The highest BCUT2D eigenvalue weighted by molar-refractivity contribution is 7.80. The lowest BCUT2D eigenvalue weighted by atomic mass is 9.57. The van der Waals surface area contributed by atoms with Crippen LogP contribution in [0.5, 0.6) is 0 Å². The van der Waals surface area contributed by atoms with Crippen LogP contribution in [0.4, 0.5) is 4.79 Å². The number of hydrogen-bond donors (Lipinski definition) is 2. The quantitative estimate of drug-likeness (QED) is 0.273. The van der Waals surface area contributed by atoms with E-state index in [1.54, 1.807) is 4.90 Å². The summed E-state index contributed by atoms with van der Waals surface area (Å²) < 4.78 is 13.4. The van der Waals surface area contributed by atoms with Crippen molar-refractivity contribution in [3.05, 3.63) is 58.7 Å². The average molecular weight is 653 g/mol. The molecule has 3 fully saturated rings. The number of carbonyl (C=O) groups excluding carboxylic acids is 2. The molecule has 3 aliphatic rings. The lowest BCUT2D eigenvalue weighted by Crippen LogP contribution is -2.65. The van der Waals surface area contributed by atoms with Crippen molar-refractivity contribution in [1.29, 1.82) is 0 Å². The Morgan fingerprint density at radius 2 is 1.82 bits per heavy atom. The van der Waals surface area contributed by atoms with E-state index in [-0.39, 0.29) is 29.4 Å². The summed E-state index contributed by atoms with van der Waals surface area (Å²) in [5.74, 6) is -0.0190. The van der Waals surface area contributed by atoms with Gasteiger partial charge in [-0.2, -0.15) is 0 Å². The van der Waals surface area contributed by atoms with E-state index in [4.69, 9.17) is 39.0 Å². The second-order valence-electron chi connectivity index (χ2n) is 13.3. The highest BCUT2D eigenvalue weighted by atomic mass is 35.5. The van der Waals surface area contributed by atoms with Crippen LogP contribution in [0.25, 0.3) is 22.0 Å². The Hall–Kier alpha value is -3.14. The minimum Gasteiger partial charge on any atom is -0.444 e. The molecule has 6 rings (SSSR count). The predicted octanol–water partition coefficient (Wildman–Crippen LogP) is 7.24. The lowest BCUT2D eigenvalue weighted by Gasteiger charge is -2.58. The fourth-order valence-electron chi connectivity index (χ4n) is 6.78. The zero-order chi connectivity index (χ0) is 32.5. The van der Waals surface area contributed by atoms with Gasteiger partial charge < -0.3 is 30.0 Å². The van der Waals surface area contributed by atoms with E-state index in [1.807, 2.05) is 58.9 Å². The molecule has 45 heavy (non-hydrogen) atoms. The third-order valence-corrected chi connectivity index (χ3v) is 9.60. The molecule has 1 spiro atoms. The van der Waals surface area contributed by atoms with E-state index >= 15 is 0 Å². The molecule has 0 radical (unpaired) electrons. The van der Waals surface area contributed by atoms with Gasteiger partial charge in [-0.25, -0.2) is 4.79 Å². The molecule has 1 aliphatic carbocycles. The van der Waals surface area contributed by atoms with Crippen molar-refractivity contribution >= 4 is 51.7 Å². The zero-order valence-electron chi connectivity index (χ0n) is 27.0. The number of thiocarbonyl (C=S) groups is 1. The molecule has 1 saturated carbocycles. The van der Waals surface area contributed by atoms with Crippen LogP contribution >= 0.6 is 23.8 Å². The second kappa shape index (κ2) is 13.3. The first-order chi connectivity index (χ1) is 21.4. The van der Waals surface area contributed by atoms with Crippen LogP contribution in [0.2, 0.25) is 5.02 Å². The molecule has 242 valence electrons. The van der Waals surface area contributed by atoms with Crippen molar-refractivity contribution in [2.24, 2.45) is 17.1 Å². The summed E-state index contributed by atoms with van der Waals surface area (Å²) in [4.78, 5) is 27.5. The molecule has 2 saturated heterocycles. The van der Waals surface area contributed by atoms with Crippen LogP contribution in [0.15, 0.2) is 42.6 Å². The van der Waals surface area contributed by atoms with E-state index in [9.17, 15) is 9.59 Å². The average Bonchev–Trinajstić information content (AvgIpc) is 3.36. The molecule has 3 heterocycles. The summed E-state index contributed by atoms with van der Waals surface area (Å²) >= 11 is 12.4. The molecule has 3 N–H and O–H groups in total. The highest BCUT2D eigenvalue weighted by Crippen LogP contribution is 2.52. The minimum absolute atomic E-state index is 0.0348. The number of nitrogens with one attached hydrogen (secondary N) is 1. The summed E-state index contributed by atoms with van der Waals surface area (Å²) in [5, 5.41) is 4.83. The number of carbonyl (C=O) groups is 2. The van der Waals surface area contributed by atoms with Crippen molar-refractivity contribution < 1.29 is 19.1 Å². The van der Waals surface area contributed by atoms with E-state index < -0.39 is 5.60 Å². The summed E-state index contributed by atoms with van der Waals surface area (Å²) in [6, 6.07) is 12.3. The number of fused-ring (bicyclic) bond motifs is 1. The molecule has 3 aromatic rings.